The van der Waals surface area contributed by atoms with Gasteiger partial charge in [-0.2, -0.15) is 0 Å². The Bertz CT molecular complexity index is 536. The number of aromatic nitrogens is 2. The number of hydrogen-bond donors (Lipinski definition) is 1. The second-order valence-electron chi connectivity index (χ2n) is 6.45. The van der Waals surface area contributed by atoms with Gasteiger partial charge in [0.05, 0.1) is 0 Å². The summed E-state index contributed by atoms with van der Waals surface area (Å²) in [5, 5.41) is 9.55. The molecule has 0 aromatic carbocycles. The molecule has 5 nitrogen and oxygen atoms in total. The molecule has 1 saturated carbocycles. The summed E-state index contributed by atoms with van der Waals surface area (Å²) in [5.41, 5.74) is 0. The zero-order valence-electron chi connectivity index (χ0n) is 12.1. The third-order valence-electron chi connectivity index (χ3n) is 4.89. The highest BCUT2D eigenvalue weighted by molar-refractivity contribution is 6.29. The van der Waals surface area contributed by atoms with Crippen molar-refractivity contribution in [3.05, 3.63) is 17.0 Å². The molecule has 2 atom stereocenters. The number of fused-ring (bicyclic) bond motifs is 2. The third kappa shape index (κ3) is 2.62. The number of hydrogen-bond acceptors (Lipinski definition) is 5. The smallest absolute Gasteiger partial charge is 0.135 e. The molecule has 2 saturated heterocycles. The van der Waals surface area contributed by atoms with Gasteiger partial charge < -0.3 is 10.0 Å². The zero-order valence-corrected chi connectivity index (χ0v) is 12.8. The van der Waals surface area contributed by atoms with Crippen molar-refractivity contribution in [1.82, 2.24) is 14.9 Å². The number of halogens is 1. The first-order chi connectivity index (χ1) is 10.2. The fourth-order valence-electron chi connectivity index (χ4n) is 3.67. The largest absolute Gasteiger partial charge is 0.396 e. The van der Waals surface area contributed by atoms with Crippen LogP contribution < -0.4 is 4.90 Å². The lowest BCUT2D eigenvalue weighted by Gasteiger charge is -2.35. The highest BCUT2D eigenvalue weighted by Gasteiger charge is 2.43. The second-order valence-corrected chi connectivity index (χ2v) is 6.84. The van der Waals surface area contributed by atoms with Crippen LogP contribution in [0.3, 0.4) is 0 Å². The number of anilines is 1. The van der Waals surface area contributed by atoms with Gasteiger partial charge in [0.2, 0.25) is 0 Å². The predicted molar refractivity (Wildman–Crippen MR) is 81.8 cm³/mol. The molecule has 0 spiro atoms. The quantitative estimate of drug-likeness (QED) is 0.838. The molecule has 1 N–H and O–H groups in total. The standard InChI is InChI=1S/C15H21ClN4O/c16-13-7-14(18-15(17-13)10-2-3-10)20-9-11-6-12(20)8-19(11)4-1-5-21/h7,10-12,21H,1-6,8-9H2/t11-,12-/m0/s1. The van der Waals surface area contributed by atoms with E-state index in [0.717, 1.165) is 37.7 Å². The van der Waals surface area contributed by atoms with Crippen LogP contribution in [0.25, 0.3) is 0 Å². The van der Waals surface area contributed by atoms with Gasteiger partial charge in [0.25, 0.3) is 0 Å². The SMILES string of the molecule is OCCCN1C[C@@H]2C[C@H]1CN2c1cc(Cl)nc(C2CC2)n1. The van der Waals surface area contributed by atoms with E-state index < -0.39 is 0 Å². The van der Waals surface area contributed by atoms with Gasteiger partial charge in [0.15, 0.2) is 0 Å². The van der Waals surface area contributed by atoms with Gasteiger partial charge in [-0.15, -0.1) is 0 Å². The molecule has 1 aliphatic carbocycles. The number of nitrogens with zero attached hydrogens (tertiary/aromatic N) is 4. The summed E-state index contributed by atoms with van der Waals surface area (Å²) >= 11 is 6.18. The summed E-state index contributed by atoms with van der Waals surface area (Å²) in [6.07, 6.45) is 4.46. The van der Waals surface area contributed by atoms with E-state index in [0.29, 0.717) is 23.2 Å². The van der Waals surface area contributed by atoms with Crippen LogP contribution in [-0.4, -0.2) is 58.3 Å². The molecule has 4 rings (SSSR count). The molecule has 2 bridgehead atoms. The number of aliphatic hydroxyl groups excluding tert-OH is 1. The molecule has 1 aromatic rings. The van der Waals surface area contributed by atoms with E-state index in [-0.39, 0.29) is 6.61 Å². The van der Waals surface area contributed by atoms with Crippen molar-refractivity contribution in [1.29, 1.82) is 0 Å². The molecule has 6 heteroatoms. The van der Waals surface area contributed by atoms with Gasteiger partial charge in [-0.1, -0.05) is 11.6 Å². The van der Waals surface area contributed by atoms with Crippen molar-refractivity contribution in [2.24, 2.45) is 0 Å². The number of piperazine rings is 1. The van der Waals surface area contributed by atoms with Crippen LogP contribution in [0.4, 0.5) is 5.82 Å². The maximum Gasteiger partial charge on any atom is 0.135 e. The molecule has 3 aliphatic rings. The Kier molecular flexibility index (Phi) is 3.52. The number of likely N-dealkylation sites (tertiary alicyclic amines) is 1. The summed E-state index contributed by atoms with van der Waals surface area (Å²) in [6, 6.07) is 3.04. The van der Waals surface area contributed by atoms with Crippen molar-refractivity contribution in [3.63, 3.8) is 0 Å². The summed E-state index contributed by atoms with van der Waals surface area (Å²) in [4.78, 5) is 14.0. The molecule has 3 heterocycles. The second kappa shape index (κ2) is 5.38. The average Bonchev–Trinajstić information content (AvgIpc) is 3.15. The van der Waals surface area contributed by atoms with Gasteiger partial charge in [-0.25, -0.2) is 9.97 Å². The molecule has 0 radical (unpaired) electrons. The zero-order chi connectivity index (χ0) is 14.4. The van der Waals surface area contributed by atoms with E-state index in [9.17, 15) is 0 Å². The first-order valence-corrected chi connectivity index (χ1v) is 8.28. The Morgan fingerprint density at radius 3 is 2.76 bits per heavy atom. The number of rotatable bonds is 5. The molecule has 3 fully saturated rings. The summed E-state index contributed by atoms with van der Waals surface area (Å²) in [5.74, 6) is 2.46. The van der Waals surface area contributed by atoms with Crippen LogP contribution in [0.15, 0.2) is 6.07 Å². The highest BCUT2D eigenvalue weighted by atomic mass is 35.5. The van der Waals surface area contributed by atoms with Crippen molar-refractivity contribution < 1.29 is 5.11 Å². The van der Waals surface area contributed by atoms with Gasteiger partial charge in [-0.05, 0) is 25.7 Å². The molecule has 0 amide bonds. The van der Waals surface area contributed by atoms with Crippen LogP contribution in [0, 0.1) is 0 Å². The van der Waals surface area contributed by atoms with Crippen LogP contribution >= 0.6 is 11.6 Å². The lowest BCUT2D eigenvalue weighted by molar-refractivity contribution is 0.203. The lowest BCUT2D eigenvalue weighted by Crippen LogP contribution is -2.47. The fourth-order valence-corrected chi connectivity index (χ4v) is 3.86. The minimum Gasteiger partial charge on any atom is -0.396 e. The van der Waals surface area contributed by atoms with Crippen LogP contribution in [-0.2, 0) is 0 Å². The van der Waals surface area contributed by atoms with Gasteiger partial charge in [0.1, 0.15) is 16.8 Å². The van der Waals surface area contributed by atoms with E-state index in [1.54, 1.807) is 0 Å². The Balaban J connectivity index is 1.49. The van der Waals surface area contributed by atoms with Gasteiger partial charge >= 0.3 is 0 Å². The summed E-state index contributed by atoms with van der Waals surface area (Å²) < 4.78 is 0. The van der Waals surface area contributed by atoms with E-state index in [2.05, 4.69) is 14.8 Å². The maximum atomic E-state index is 8.98. The summed E-state index contributed by atoms with van der Waals surface area (Å²) in [6.45, 7) is 3.38. The minimum atomic E-state index is 0.282. The van der Waals surface area contributed by atoms with E-state index >= 15 is 0 Å². The van der Waals surface area contributed by atoms with Crippen LogP contribution in [0.1, 0.15) is 37.4 Å². The molecule has 2 aliphatic heterocycles. The van der Waals surface area contributed by atoms with E-state index in [1.807, 2.05) is 6.07 Å². The predicted octanol–water partition coefficient (Wildman–Crippen LogP) is 1.65. The lowest BCUT2D eigenvalue weighted by atomic mass is 10.2. The Morgan fingerprint density at radius 1 is 1.24 bits per heavy atom. The molecule has 114 valence electrons. The average molecular weight is 309 g/mol. The Hall–Kier alpha value is -0.910. The molecular formula is C15H21ClN4O. The van der Waals surface area contributed by atoms with E-state index in [1.165, 1.54) is 19.3 Å². The maximum absolute atomic E-state index is 8.98. The topological polar surface area (TPSA) is 52.5 Å². The molecular weight excluding hydrogens is 288 g/mol. The number of aliphatic hydroxyl groups is 1. The first-order valence-electron chi connectivity index (χ1n) is 7.90. The highest BCUT2D eigenvalue weighted by Crippen LogP contribution is 2.40. The van der Waals surface area contributed by atoms with Crippen molar-refractivity contribution >= 4 is 17.4 Å². The van der Waals surface area contributed by atoms with Crippen molar-refractivity contribution in [2.45, 2.75) is 43.7 Å². The molecule has 21 heavy (non-hydrogen) atoms. The van der Waals surface area contributed by atoms with Crippen LogP contribution in [0.2, 0.25) is 5.15 Å². The Morgan fingerprint density at radius 2 is 2.10 bits per heavy atom. The van der Waals surface area contributed by atoms with E-state index in [4.69, 9.17) is 21.7 Å². The van der Waals surface area contributed by atoms with Gasteiger partial charge in [-0.3, -0.25) is 4.90 Å². The van der Waals surface area contributed by atoms with Crippen LogP contribution in [0.5, 0.6) is 0 Å². The van der Waals surface area contributed by atoms with Crippen molar-refractivity contribution in [3.8, 4) is 0 Å². The molecule has 1 aromatic heterocycles. The Labute approximate surface area is 129 Å². The normalized spacial score (nSPS) is 28.6. The minimum absolute atomic E-state index is 0.282. The summed E-state index contributed by atoms with van der Waals surface area (Å²) in [7, 11) is 0. The monoisotopic (exact) mass is 308 g/mol. The van der Waals surface area contributed by atoms with Crippen molar-refractivity contribution in [2.75, 3.05) is 31.1 Å². The third-order valence-corrected chi connectivity index (χ3v) is 5.09. The first kappa shape index (κ1) is 13.7. The fraction of sp³-hybridized carbons (Fsp3) is 0.733. The molecule has 0 unspecified atom stereocenters. The van der Waals surface area contributed by atoms with Gasteiger partial charge in [0, 0.05) is 50.3 Å².